The van der Waals surface area contributed by atoms with Crippen molar-refractivity contribution in [3.8, 4) is 5.75 Å². The van der Waals surface area contributed by atoms with Crippen LogP contribution in [0.1, 0.15) is 11.1 Å². The Kier molecular flexibility index (Phi) is 2.68. The average Bonchev–Trinajstić information content (AvgIpc) is 2.28. The highest BCUT2D eigenvalue weighted by Crippen LogP contribution is 2.25. The summed E-state index contributed by atoms with van der Waals surface area (Å²) >= 11 is 0. The molecule has 0 atom stereocenters. The van der Waals surface area contributed by atoms with Gasteiger partial charge in [0.1, 0.15) is 5.75 Å². The Morgan fingerprint density at radius 3 is 2.31 bits per heavy atom. The van der Waals surface area contributed by atoms with Crippen molar-refractivity contribution >= 4 is 11.4 Å². The van der Waals surface area contributed by atoms with Gasteiger partial charge in [0.05, 0.1) is 11.4 Å². The maximum atomic E-state index is 9.66. The van der Waals surface area contributed by atoms with Crippen molar-refractivity contribution in [2.45, 2.75) is 6.42 Å². The van der Waals surface area contributed by atoms with Gasteiger partial charge in [-0.1, -0.05) is 30.3 Å². The van der Waals surface area contributed by atoms with Gasteiger partial charge in [-0.25, -0.2) is 0 Å². The first-order chi connectivity index (χ1) is 7.68. The van der Waals surface area contributed by atoms with E-state index < -0.39 is 0 Å². The number of phenolic OH excluding ortho intramolecular Hbond substituents is 1. The molecule has 0 fully saturated rings. The van der Waals surface area contributed by atoms with Crippen molar-refractivity contribution in [3.63, 3.8) is 0 Å². The van der Waals surface area contributed by atoms with Crippen LogP contribution in [0.25, 0.3) is 0 Å². The summed E-state index contributed by atoms with van der Waals surface area (Å²) < 4.78 is 0. The van der Waals surface area contributed by atoms with Crippen molar-refractivity contribution in [2.24, 2.45) is 0 Å². The molecule has 0 aliphatic carbocycles. The first kappa shape index (κ1) is 10.4. The van der Waals surface area contributed by atoms with E-state index in [4.69, 9.17) is 11.5 Å². The summed E-state index contributed by atoms with van der Waals surface area (Å²) in [4.78, 5) is 0. The van der Waals surface area contributed by atoms with Crippen LogP contribution in [-0.4, -0.2) is 5.11 Å². The van der Waals surface area contributed by atoms with E-state index in [0.717, 1.165) is 11.1 Å². The number of benzene rings is 2. The Labute approximate surface area is 94.3 Å². The second kappa shape index (κ2) is 4.14. The van der Waals surface area contributed by atoms with E-state index in [-0.39, 0.29) is 5.75 Å². The lowest BCUT2D eigenvalue weighted by molar-refractivity contribution is 0.469. The minimum Gasteiger partial charge on any atom is -0.508 e. The van der Waals surface area contributed by atoms with Crippen molar-refractivity contribution in [3.05, 3.63) is 53.6 Å². The van der Waals surface area contributed by atoms with E-state index in [1.807, 2.05) is 24.3 Å². The van der Waals surface area contributed by atoms with Gasteiger partial charge in [0, 0.05) is 6.42 Å². The summed E-state index contributed by atoms with van der Waals surface area (Å²) in [5.74, 6) is 0.282. The van der Waals surface area contributed by atoms with Gasteiger partial charge in [-0.05, 0) is 23.3 Å². The fourth-order valence-electron chi connectivity index (χ4n) is 1.65. The lowest BCUT2D eigenvalue weighted by atomic mass is 10.0. The Morgan fingerprint density at radius 1 is 0.875 bits per heavy atom. The first-order valence-electron chi connectivity index (χ1n) is 5.08. The molecule has 82 valence electrons. The van der Waals surface area contributed by atoms with Crippen molar-refractivity contribution in [1.29, 1.82) is 0 Å². The highest BCUT2D eigenvalue weighted by molar-refractivity contribution is 5.68. The molecule has 0 radical (unpaired) electrons. The van der Waals surface area contributed by atoms with Gasteiger partial charge in [0.25, 0.3) is 0 Å². The molecule has 0 bridgehead atoms. The Bertz CT molecular complexity index is 509. The van der Waals surface area contributed by atoms with Gasteiger partial charge in [-0.15, -0.1) is 0 Å². The van der Waals surface area contributed by atoms with Crippen LogP contribution < -0.4 is 11.5 Å². The van der Waals surface area contributed by atoms with Crippen molar-refractivity contribution in [2.75, 3.05) is 11.5 Å². The molecule has 0 spiro atoms. The second-order valence-corrected chi connectivity index (χ2v) is 3.73. The Morgan fingerprint density at radius 2 is 1.56 bits per heavy atom. The monoisotopic (exact) mass is 214 g/mol. The molecule has 0 aromatic heterocycles. The van der Waals surface area contributed by atoms with E-state index >= 15 is 0 Å². The van der Waals surface area contributed by atoms with Gasteiger partial charge in [-0.3, -0.25) is 0 Å². The normalized spacial score (nSPS) is 10.2. The molecule has 0 unspecified atom stereocenters. The fraction of sp³-hybridized carbons (Fsp3) is 0.0769. The molecule has 0 amide bonds. The number of hydrogen-bond donors (Lipinski definition) is 3. The van der Waals surface area contributed by atoms with Crippen LogP contribution in [-0.2, 0) is 6.42 Å². The molecule has 0 aliphatic rings. The zero-order valence-electron chi connectivity index (χ0n) is 8.85. The third kappa shape index (κ3) is 1.93. The highest BCUT2D eigenvalue weighted by atomic mass is 16.3. The Hall–Kier alpha value is -2.16. The summed E-state index contributed by atoms with van der Waals surface area (Å²) in [6, 6.07) is 12.8. The Balaban J connectivity index is 2.35. The minimum absolute atomic E-state index is 0.282. The van der Waals surface area contributed by atoms with Crippen LogP contribution in [0.3, 0.4) is 0 Å². The van der Waals surface area contributed by atoms with Crippen LogP contribution in [0.5, 0.6) is 5.75 Å². The lowest BCUT2D eigenvalue weighted by Gasteiger charge is -2.09. The fourth-order valence-corrected chi connectivity index (χ4v) is 1.65. The third-order valence-electron chi connectivity index (χ3n) is 2.60. The largest absolute Gasteiger partial charge is 0.508 e. The predicted octanol–water partition coefficient (Wildman–Crippen LogP) is 2.15. The second-order valence-electron chi connectivity index (χ2n) is 3.73. The van der Waals surface area contributed by atoms with Gasteiger partial charge in [-0.2, -0.15) is 0 Å². The van der Waals surface area contributed by atoms with E-state index in [0.29, 0.717) is 17.8 Å². The highest BCUT2D eigenvalue weighted by Gasteiger charge is 2.05. The number of para-hydroxylation sites is 2. The maximum absolute atomic E-state index is 9.66. The van der Waals surface area contributed by atoms with Crippen molar-refractivity contribution < 1.29 is 5.11 Å². The number of aromatic hydroxyl groups is 1. The SMILES string of the molecule is Nc1cccc(Cc2ccccc2O)c1N. The predicted molar refractivity (Wildman–Crippen MR) is 66.2 cm³/mol. The van der Waals surface area contributed by atoms with Gasteiger partial charge < -0.3 is 16.6 Å². The number of nitrogen functional groups attached to an aromatic ring is 2. The number of hydrogen-bond acceptors (Lipinski definition) is 3. The van der Waals surface area contributed by atoms with Crippen LogP contribution in [0.4, 0.5) is 11.4 Å². The van der Waals surface area contributed by atoms with Crippen LogP contribution >= 0.6 is 0 Å². The summed E-state index contributed by atoms with van der Waals surface area (Å²) in [6.45, 7) is 0. The zero-order valence-corrected chi connectivity index (χ0v) is 8.85. The molecule has 2 rings (SSSR count). The van der Waals surface area contributed by atoms with E-state index in [9.17, 15) is 5.11 Å². The molecule has 3 heteroatoms. The summed E-state index contributed by atoms with van der Waals surface area (Å²) in [5.41, 5.74) is 14.5. The molecule has 2 aromatic carbocycles. The summed E-state index contributed by atoms with van der Waals surface area (Å²) in [7, 11) is 0. The smallest absolute Gasteiger partial charge is 0.119 e. The standard InChI is InChI=1S/C13H14N2O/c14-11-6-3-5-10(13(11)15)8-9-4-1-2-7-12(9)16/h1-7,16H,8,14-15H2. The number of phenols is 1. The van der Waals surface area contributed by atoms with Crippen LogP contribution in [0.15, 0.2) is 42.5 Å². The molecular formula is C13H14N2O. The molecule has 16 heavy (non-hydrogen) atoms. The molecular weight excluding hydrogens is 200 g/mol. The topological polar surface area (TPSA) is 72.3 Å². The minimum atomic E-state index is 0.282. The molecule has 0 saturated heterocycles. The van der Waals surface area contributed by atoms with Crippen LogP contribution in [0.2, 0.25) is 0 Å². The average molecular weight is 214 g/mol. The van der Waals surface area contributed by atoms with Gasteiger partial charge in [0.15, 0.2) is 0 Å². The molecule has 0 saturated carbocycles. The van der Waals surface area contributed by atoms with E-state index in [2.05, 4.69) is 0 Å². The zero-order chi connectivity index (χ0) is 11.5. The molecule has 0 heterocycles. The number of nitrogens with two attached hydrogens (primary N) is 2. The quantitative estimate of drug-likeness (QED) is 0.671. The first-order valence-corrected chi connectivity index (χ1v) is 5.08. The third-order valence-corrected chi connectivity index (χ3v) is 2.60. The van der Waals surface area contributed by atoms with Gasteiger partial charge >= 0.3 is 0 Å². The molecule has 0 aliphatic heterocycles. The summed E-state index contributed by atoms with van der Waals surface area (Å²) in [6.07, 6.45) is 0.587. The number of anilines is 2. The molecule has 3 nitrogen and oxygen atoms in total. The number of rotatable bonds is 2. The van der Waals surface area contributed by atoms with E-state index in [1.54, 1.807) is 18.2 Å². The maximum Gasteiger partial charge on any atom is 0.119 e. The van der Waals surface area contributed by atoms with Crippen LogP contribution in [0, 0.1) is 0 Å². The lowest BCUT2D eigenvalue weighted by Crippen LogP contribution is -2.00. The molecule has 2 aromatic rings. The molecule has 5 N–H and O–H groups in total. The summed E-state index contributed by atoms with van der Waals surface area (Å²) in [5, 5.41) is 9.66. The van der Waals surface area contributed by atoms with E-state index in [1.165, 1.54) is 0 Å². The van der Waals surface area contributed by atoms with Crippen molar-refractivity contribution in [1.82, 2.24) is 0 Å². The van der Waals surface area contributed by atoms with Gasteiger partial charge in [0.2, 0.25) is 0 Å².